The number of nitrogens with one attached hydrogen (secondary N) is 1. The van der Waals surface area contributed by atoms with Crippen molar-refractivity contribution in [1.82, 2.24) is 0 Å². The van der Waals surface area contributed by atoms with Gasteiger partial charge in [-0.1, -0.05) is 30.3 Å². The lowest BCUT2D eigenvalue weighted by atomic mass is 9.67. The van der Waals surface area contributed by atoms with Crippen LogP contribution in [0.3, 0.4) is 0 Å². The van der Waals surface area contributed by atoms with Gasteiger partial charge in [0.25, 0.3) is 0 Å². The third kappa shape index (κ3) is 2.54. The minimum atomic E-state index is -4.41. The number of alkyl halides is 3. The van der Waals surface area contributed by atoms with E-state index in [1.54, 1.807) is 12.1 Å². The number of fused-ring (bicyclic) bond motifs is 7. The van der Waals surface area contributed by atoms with E-state index in [2.05, 4.69) is 5.32 Å². The summed E-state index contributed by atoms with van der Waals surface area (Å²) >= 11 is 0. The molecule has 0 aromatic heterocycles. The number of anilines is 1. The smallest absolute Gasteiger partial charge is 0.416 e. The van der Waals surface area contributed by atoms with E-state index >= 15 is 0 Å². The average Bonchev–Trinajstić information content (AvgIpc) is 3.28. The molecule has 28 heavy (non-hydrogen) atoms. The highest BCUT2D eigenvalue weighted by Gasteiger charge is 2.54. The number of carboxylic acid groups (broad SMARTS) is 1. The molecule has 0 unspecified atom stereocenters. The van der Waals surface area contributed by atoms with E-state index < -0.39 is 17.7 Å². The molecule has 2 saturated carbocycles. The Bertz CT molecular complexity index is 955. The van der Waals surface area contributed by atoms with Crippen LogP contribution in [0.1, 0.15) is 58.3 Å². The molecule has 3 aliphatic rings. The molecule has 2 aromatic carbocycles. The third-order valence-corrected chi connectivity index (χ3v) is 6.91. The number of para-hydroxylation sites is 1. The molecule has 1 heterocycles. The number of benzene rings is 2. The maximum absolute atomic E-state index is 13.3. The van der Waals surface area contributed by atoms with Crippen molar-refractivity contribution < 1.29 is 23.1 Å². The highest BCUT2D eigenvalue weighted by Crippen LogP contribution is 2.64. The lowest BCUT2D eigenvalue weighted by Gasteiger charge is -2.44. The van der Waals surface area contributed by atoms with Crippen LogP contribution in [0.15, 0.2) is 42.5 Å². The Labute approximate surface area is 160 Å². The maximum atomic E-state index is 13.3. The zero-order valence-corrected chi connectivity index (χ0v) is 15.0. The number of carboxylic acids is 1. The molecule has 0 radical (unpaired) electrons. The summed E-state index contributed by atoms with van der Waals surface area (Å²) in [6, 6.07) is 10.3. The Balaban J connectivity index is 1.65. The molecule has 2 aromatic rings. The van der Waals surface area contributed by atoms with Gasteiger partial charge in [-0.2, -0.15) is 13.2 Å². The van der Waals surface area contributed by atoms with E-state index in [-0.39, 0.29) is 23.4 Å². The summed E-state index contributed by atoms with van der Waals surface area (Å²) in [6.07, 6.45) is -1.18. The first-order valence-electron chi connectivity index (χ1n) is 9.62. The van der Waals surface area contributed by atoms with Crippen molar-refractivity contribution in [2.45, 2.75) is 37.4 Å². The average molecular weight is 386 g/mol. The Morgan fingerprint density at radius 3 is 2.57 bits per heavy atom. The second kappa shape index (κ2) is 6.00. The number of halogens is 3. The fourth-order valence-electron chi connectivity index (χ4n) is 5.92. The lowest BCUT2D eigenvalue weighted by molar-refractivity contribution is -0.254. The topological polar surface area (TPSA) is 52.2 Å². The largest absolute Gasteiger partial charge is 0.545 e. The van der Waals surface area contributed by atoms with Gasteiger partial charge in [-0.15, -0.1) is 0 Å². The van der Waals surface area contributed by atoms with E-state index in [4.69, 9.17) is 0 Å². The number of hydrogen-bond donors (Lipinski definition) is 1. The van der Waals surface area contributed by atoms with Gasteiger partial charge in [-0.3, -0.25) is 0 Å². The quantitative estimate of drug-likeness (QED) is 0.834. The normalized spacial score (nSPS) is 30.5. The van der Waals surface area contributed by atoms with Crippen LogP contribution in [0.5, 0.6) is 0 Å². The summed E-state index contributed by atoms with van der Waals surface area (Å²) in [5, 5.41) is 15.0. The number of aromatic carboxylic acids is 1. The van der Waals surface area contributed by atoms with Crippen molar-refractivity contribution >= 4 is 11.7 Å². The van der Waals surface area contributed by atoms with Gasteiger partial charge in [0.15, 0.2) is 0 Å². The summed E-state index contributed by atoms with van der Waals surface area (Å²) in [4.78, 5) is 11.7. The van der Waals surface area contributed by atoms with Crippen LogP contribution in [0.2, 0.25) is 0 Å². The zero-order chi connectivity index (χ0) is 19.6. The molecular weight excluding hydrogens is 367 g/mol. The Kier molecular flexibility index (Phi) is 3.77. The number of carbonyl (C=O) groups is 1. The SMILES string of the molecule is O=C([O-])c1cccc2c1N[C@@H](c1cccc(C(F)(F)F)c1)[C@@H]1[C@@H]3CC[C@@H](C3)[C@H]21. The highest BCUT2D eigenvalue weighted by atomic mass is 19.4. The van der Waals surface area contributed by atoms with Crippen LogP contribution in [0.4, 0.5) is 18.9 Å². The number of rotatable bonds is 2. The third-order valence-electron chi connectivity index (χ3n) is 6.91. The van der Waals surface area contributed by atoms with Gasteiger partial charge in [0.2, 0.25) is 0 Å². The molecule has 0 spiro atoms. The standard InChI is InChI=1S/C22H20F3NO2/c23-22(24,25)14-4-1-3-13(10-14)19-18-12-8-7-11(9-12)17(18)15-5-2-6-16(21(27)28)20(15)26-19/h1-6,10-12,17-19,26H,7-9H2,(H,27,28)/p-1/t11-,12+,17+,18+,19-/m0/s1. The van der Waals surface area contributed by atoms with Gasteiger partial charge in [0, 0.05) is 11.3 Å². The van der Waals surface area contributed by atoms with Crippen molar-refractivity contribution in [3.63, 3.8) is 0 Å². The zero-order valence-electron chi connectivity index (χ0n) is 15.0. The molecule has 2 aliphatic carbocycles. The summed E-state index contributed by atoms with van der Waals surface area (Å²) in [6.45, 7) is 0. The summed E-state index contributed by atoms with van der Waals surface area (Å²) in [5.41, 5.74) is 1.46. The van der Waals surface area contributed by atoms with Gasteiger partial charge >= 0.3 is 6.18 Å². The van der Waals surface area contributed by atoms with Crippen molar-refractivity contribution in [2.75, 3.05) is 5.32 Å². The first kappa shape index (κ1) is 17.6. The van der Waals surface area contributed by atoms with Gasteiger partial charge in [0.05, 0.1) is 17.6 Å². The van der Waals surface area contributed by atoms with E-state index in [1.165, 1.54) is 18.2 Å². The lowest BCUT2D eigenvalue weighted by Crippen LogP contribution is -2.37. The molecule has 0 saturated heterocycles. The monoisotopic (exact) mass is 386 g/mol. The molecule has 0 amide bonds. The summed E-state index contributed by atoms with van der Waals surface area (Å²) in [5.74, 6) is -0.0164. The van der Waals surface area contributed by atoms with Crippen LogP contribution in [0, 0.1) is 17.8 Å². The van der Waals surface area contributed by atoms with Crippen molar-refractivity contribution in [3.8, 4) is 0 Å². The molecule has 1 aliphatic heterocycles. The fourth-order valence-corrected chi connectivity index (χ4v) is 5.92. The van der Waals surface area contributed by atoms with Crippen molar-refractivity contribution in [3.05, 3.63) is 64.7 Å². The Morgan fingerprint density at radius 1 is 1.07 bits per heavy atom. The molecule has 146 valence electrons. The molecule has 1 N–H and O–H groups in total. The molecule has 5 rings (SSSR count). The Morgan fingerprint density at radius 2 is 1.82 bits per heavy atom. The van der Waals surface area contributed by atoms with Crippen molar-refractivity contribution in [2.24, 2.45) is 17.8 Å². The predicted octanol–water partition coefficient (Wildman–Crippen LogP) is 4.37. The molecular formula is C22H19F3NO2-. The number of carbonyl (C=O) groups excluding carboxylic acids is 1. The van der Waals surface area contributed by atoms with E-state index in [9.17, 15) is 23.1 Å². The summed E-state index contributed by atoms with van der Waals surface area (Å²) in [7, 11) is 0. The molecule has 2 bridgehead atoms. The Hall–Kier alpha value is -2.50. The second-order valence-electron chi connectivity index (χ2n) is 8.24. The van der Waals surface area contributed by atoms with Crippen LogP contribution in [0.25, 0.3) is 0 Å². The first-order valence-corrected chi connectivity index (χ1v) is 9.62. The number of hydrogen-bond acceptors (Lipinski definition) is 3. The molecule has 3 nitrogen and oxygen atoms in total. The predicted molar refractivity (Wildman–Crippen MR) is 95.6 cm³/mol. The fraction of sp³-hybridized carbons (Fsp3) is 0.409. The van der Waals surface area contributed by atoms with Gasteiger partial charge in [-0.25, -0.2) is 0 Å². The van der Waals surface area contributed by atoms with Crippen LogP contribution >= 0.6 is 0 Å². The van der Waals surface area contributed by atoms with Crippen LogP contribution in [-0.4, -0.2) is 5.97 Å². The molecule has 6 heteroatoms. The van der Waals surface area contributed by atoms with Gasteiger partial charge in [-0.05, 0) is 66.2 Å². The van der Waals surface area contributed by atoms with Gasteiger partial charge in [0.1, 0.15) is 0 Å². The van der Waals surface area contributed by atoms with Crippen molar-refractivity contribution in [1.29, 1.82) is 0 Å². The van der Waals surface area contributed by atoms with Crippen LogP contribution in [-0.2, 0) is 6.18 Å². The van der Waals surface area contributed by atoms with Gasteiger partial charge < -0.3 is 15.2 Å². The van der Waals surface area contributed by atoms with E-state index in [1.807, 2.05) is 6.07 Å². The first-order chi connectivity index (χ1) is 13.3. The summed E-state index contributed by atoms with van der Waals surface area (Å²) < 4.78 is 39.8. The van der Waals surface area contributed by atoms with Crippen LogP contribution < -0.4 is 10.4 Å². The van der Waals surface area contributed by atoms with E-state index in [0.29, 0.717) is 23.1 Å². The molecule has 2 fully saturated rings. The minimum absolute atomic E-state index is 0.0794. The minimum Gasteiger partial charge on any atom is -0.545 e. The highest BCUT2D eigenvalue weighted by molar-refractivity contribution is 5.94. The molecule has 5 atom stereocenters. The second-order valence-corrected chi connectivity index (χ2v) is 8.24. The van der Waals surface area contributed by atoms with E-state index in [0.717, 1.165) is 30.9 Å². The maximum Gasteiger partial charge on any atom is 0.416 e.